The number of hydrogen-bond donors (Lipinski definition) is 1. The maximum Gasteiger partial charge on any atom is 0.482 e. The van der Waals surface area contributed by atoms with Gasteiger partial charge in [0.2, 0.25) is 0 Å². The van der Waals surface area contributed by atoms with Crippen molar-refractivity contribution in [1.82, 2.24) is 0 Å². The zero-order chi connectivity index (χ0) is 11.1. The molecule has 0 saturated heterocycles. The first-order valence-electron chi connectivity index (χ1n) is 4.54. The van der Waals surface area contributed by atoms with Gasteiger partial charge in [-0.05, 0) is 24.1 Å². The molecule has 3 nitrogen and oxygen atoms in total. The van der Waals surface area contributed by atoms with Gasteiger partial charge in [-0.15, -0.1) is 0 Å². The van der Waals surface area contributed by atoms with Gasteiger partial charge in [0.15, 0.2) is 5.75 Å². The Morgan fingerprint density at radius 1 is 1.47 bits per heavy atom. The second-order valence-electron chi connectivity index (χ2n) is 3.26. The summed E-state index contributed by atoms with van der Waals surface area (Å²) in [5.74, 6) is -1.43. The van der Waals surface area contributed by atoms with Crippen molar-refractivity contribution in [3.63, 3.8) is 0 Å². The van der Waals surface area contributed by atoms with Crippen molar-refractivity contribution in [2.24, 2.45) is 0 Å². The molecule has 0 unspecified atom stereocenters. The number of aryl methyl sites for hydroxylation is 1. The Hall–Kier alpha value is -1.65. The van der Waals surface area contributed by atoms with E-state index in [0.717, 1.165) is 12.0 Å². The third kappa shape index (κ3) is 1.65. The van der Waals surface area contributed by atoms with Crippen molar-refractivity contribution in [1.29, 1.82) is 0 Å². The van der Waals surface area contributed by atoms with Crippen LogP contribution < -0.4 is 10.1 Å². The van der Waals surface area contributed by atoms with Crippen LogP contribution in [0.25, 0.3) is 0 Å². The number of anilines is 1. The van der Waals surface area contributed by atoms with E-state index in [1.165, 1.54) is 6.07 Å². The van der Waals surface area contributed by atoms with Crippen LogP contribution >= 0.6 is 0 Å². The molecule has 0 atom stereocenters. The zero-order valence-electron chi connectivity index (χ0n) is 8.01. The minimum Gasteiger partial charge on any atom is -0.423 e. The number of carbonyl (C=O) groups excluding carboxylic acids is 1. The average molecular weight is 213 g/mol. The molecule has 2 rings (SSSR count). The van der Waals surface area contributed by atoms with Gasteiger partial charge in [0.05, 0.1) is 5.69 Å². The Kier molecular flexibility index (Phi) is 2.10. The second-order valence-corrected chi connectivity index (χ2v) is 3.26. The van der Waals surface area contributed by atoms with Gasteiger partial charge in [-0.1, -0.05) is 13.0 Å². The summed E-state index contributed by atoms with van der Waals surface area (Å²) in [5.41, 5.74) is 1.24. The highest BCUT2D eigenvalue weighted by atomic mass is 19.3. The van der Waals surface area contributed by atoms with Crippen LogP contribution in [0.3, 0.4) is 0 Å². The molecule has 0 saturated carbocycles. The number of hydrogen-bond acceptors (Lipinski definition) is 2. The topological polar surface area (TPSA) is 38.3 Å². The lowest BCUT2D eigenvalue weighted by Crippen LogP contribution is -2.43. The molecule has 15 heavy (non-hydrogen) atoms. The molecule has 1 aliphatic heterocycles. The van der Waals surface area contributed by atoms with Crippen LogP contribution in [0.15, 0.2) is 18.2 Å². The van der Waals surface area contributed by atoms with Gasteiger partial charge in [-0.3, -0.25) is 4.79 Å². The van der Waals surface area contributed by atoms with Gasteiger partial charge in [0.1, 0.15) is 0 Å². The molecule has 1 aromatic carbocycles. The highest BCUT2D eigenvalue weighted by molar-refractivity contribution is 5.98. The van der Waals surface area contributed by atoms with Gasteiger partial charge >= 0.3 is 12.0 Å². The van der Waals surface area contributed by atoms with Crippen molar-refractivity contribution in [2.75, 3.05) is 5.32 Å². The Morgan fingerprint density at radius 2 is 2.20 bits per heavy atom. The van der Waals surface area contributed by atoms with Gasteiger partial charge in [-0.2, -0.15) is 8.78 Å². The first kappa shape index (κ1) is 9.89. The fourth-order valence-corrected chi connectivity index (χ4v) is 1.36. The van der Waals surface area contributed by atoms with Crippen molar-refractivity contribution < 1.29 is 18.3 Å². The molecular weight excluding hydrogens is 204 g/mol. The number of rotatable bonds is 1. The number of halogens is 2. The third-order valence-corrected chi connectivity index (χ3v) is 2.20. The van der Waals surface area contributed by atoms with E-state index in [9.17, 15) is 13.6 Å². The molecule has 80 valence electrons. The van der Waals surface area contributed by atoms with Crippen LogP contribution in [-0.4, -0.2) is 12.0 Å². The molecule has 1 amide bonds. The SMILES string of the molecule is CCc1ccc2c(c1)NC(=O)C(F)(F)O2. The molecule has 1 aliphatic rings. The Morgan fingerprint density at radius 3 is 2.87 bits per heavy atom. The summed E-state index contributed by atoms with van der Waals surface area (Å²) >= 11 is 0. The van der Waals surface area contributed by atoms with Crippen molar-refractivity contribution >= 4 is 11.6 Å². The van der Waals surface area contributed by atoms with E-state index in [2.05, 4.69) is 10.1 Å². The van der Waals surface area contributed by atoms with Gasteiger partial charge in [0.25, 0.3) is 0 Å². The zero-order valence-corrected chi connectivity index (χ0v) is 8.01. The highest BCUT2D eigenvalue weighted by Gasteiger charge is 2.46. The minimum absolute atomic E-state index is 0.00296. The Labute approximate surface area is 85.0 Å². The van der Waals surface area contributed by atoms with Gasteiger partial charge in [-0.25, -0.2) is 0 Å². The largest absolute Gasteiger partial charge is 0.482 e. The van der Waals surface area contributed by atoms with Crippen molar-refractivity contribution in [2.45, 2.75) is 19.5 Å². The molecule has 1 heterocycles. The Balaban J connectivity index is 2.41. The molecule has 5 heteroatoms. The average Bonchev–Trinajstić information content (AvgIpc) is 2.19. The highest BCUT2D eigenvalue weighted by Crippen LogP contribution is 2.35. The van der Waals surface area contributed by atoms with E-state index in [1.54, 1.807) is 12.1 Å². The number of ether oxygens (including phenoxy) is 1. The van der Waals surface area contributed by atoms with E-state index >= 15 is 0 Å². The lowest BCUT2D eigenvalue weighted by atomic mass is 10.1. The summed E-state index contributed by atoms with van der Waals surface area (Å²) < 4.78 is 29.9. The van der Waals surface area contributed by atoms with Crippen LogP contribution in [-0.2, 0) is 11.2 Å². The predicted octanol–water partition coefficient (Wildman–Crippen LogP) is 2.17. The number of amides is 1. The molecule has 0 radical (unpaired) electrons. The predicted molar refractivity (Wildman–Crippen MR) is 50.0 cm³/mol. The third-order valence-electron chi connectivity index (χ3n) is 2.20. The van der Waals surface area contributed by atoms with E-state index in [0.29, 0.717) is 5.69 Å². The molecule has 0 bridgehead atoms. The van der Waals surface area contributed by atoms with Crippen LogP contribution in [0, 0.1) is 0 Å². The van der Waals surface area contributed by atoms with Crippen molar-refractivity contribution in [3.05, 3.63) is 23.8 Å². The van der Waals surface area contributed by atoms with E-state index < -0.39 is 12.0 Å². The maximum atomic E-state index is 12.8. The van der Waals surface area contributed by atoms with E-state index in [1.807, 2.05) is 6.92 Å². The van der Waals surface area contributed by atoms with Crippen LogP contribution in [0.2, 0.25) is 0 Å². The molecule has 1 aromatic rings. The summed E-state index contributed by atoms with van der Waals surface area (Å²) in [6.45, 7) is 1.93. The number of fused-ring (bicyclic) bond motifs is 1. The quantitative estimate of drug-likeness (QED) is 0.776. The number of alkyl halides is 2. The fraction of sp³-hybridized carbons (Fsp3) is 0.300. The molecule has 1 N–H and O–H groups in total. The molecule has 0 spiro atoms. The maximum absolute atomic E-state index is 12.8. The summed E-state index contributed by atoms with van der Waals surface area (Å²) in [4.78, 5) is 10.9. The monoisotopic (exact) mass is 213 g/mol. The number of nitrogens with one attached hydrogen (secondary N) is 1. The first-order valence-corrected chi connectivity index (χ1v) is 4.54. The normalized spacial score (nSPS) is 17.7. The van der Waals surface area contributed by atoms with Crippen LogP contribution in [0.5, 0.6) is 5.75 Å². The standard InChI is InChI=1S/C10H9F2NO2/c1-2-6-3-4-8-7(5-6)13-9(14)10(11,12)15-8/h3-5H,2H2,1H3,(H,13,14). The summed E-state index contributed by atoms with van der Waals surface area (Å²) in [7, 11) is 0. The molecule has 0 aromatic heterocycles. The van der Waals surface area contributed by atoms with Crippen LogP contribution in [0.4, 0.5) is 14.5 Å². The molecule has 0 aliphatic carbocycles. The van der Waals surface area contributed by atoms with E-state index in [4.69, 9.17) is 0 Å². The second kappa shape index (κ2) is 3.18. The lowest BCUT2D eigenvalue weighted by Gasteiger charge is -2.24. The summed E-state index contributed by atoms with van der Waals surface area (Å²) in [6.07, 6.45) is -3.01. The van der Waals surface area contributed by atoms with Crippen LogP contribution in [0.1, 0.15) is 12.5 Å². The number of carbonyl (C=O) groups is 1. The Bertz CT molecular complexity index is 418. The van der Waals surface area contributed by atoms with E-state index in [-0.39, 0.29) is 5.75 Å². The summed E-state index contributed by atoms with van der Waals surface area (Å²) in [6, 6.07) is 4.75. The first-order chi connectivity index (χ1) is 7.03. The van der Waals surface area contributed by atoms with Gasteiger partial charge in [0, 0.05) is 0 Å². The van der Waals surface area contributed by atoms with Crippen molar-refractivity contribution in [3.8, 4) is 5.75 Å². The summed E-state index contributed by atoms with van der Waals surface area (Å²) in [5, 5.41) is 2.11. The van der Waals surface area contributed by atoms with Gasteiger partial charge < -0.3 is 10.1 Å². The smallest absolute Gasteiger partial charge is 0.423 e. The minimum atomic E-state index is -3.78. The lowest BCUT2D eigenvalue weighted by molar-refractivity contribution is -0.189. The molecule has 0 fully saturated rings. The molecular formula is C10H9F2NO2. The number of benzene rings is 1. The fourth-order valence-electron chi connectivity index (χ4n) is 1.36.